The van der Waals surface area contributed by atoms with Crippen LogP contribution in [0, 0.1) is 46.0 Å². The number of aromatic amines is 6. The number of hydrogen-bond acceptors (Lipinski definition) is 11. The Morgan fingerprint density at radius 2 is 0.909 bits per heavy atom. The van der Waals surface area contributed by atoms with Crippen molar-refractivity contribution in [3.63, 3.8) is 0 Å². The minimum Gasteiger partial charge on any atom is -0.356 e. The molecule has 4 rings (SSSR count). The Morgan fingerprint density at radius 3 is 1.09 bits per heavy atom. The third-order valence-electron chi connectivity index (χ3n) is 2.55. The van der Waals surface area contributed by atoms with Crippen LogP contribution in [0.3, 0.4) is 0 Å². The first kappa shape index (κ1) is 30.4. The van der Waals surface area contributed by atoms with E-state index >= 15 is 0 Å². The van der Waals surface area contributed by atoms with Crippen LogP contribution in [0.1, 0.15) is 0 Å². The van der Waals surface area contributed by atoms with Crippen LogP contribution in [0.4, 0.5) is 0 Å². The topological polar surface area (TPSA) is 316 Å². The van der Waals surface area contributed by atoms with Crippen LogP contribution in [0.25, 0.3) is 23.3 Å². The molecule has 0 atom stereocenters. The molecule has 21 heteroatoms. The molecule has 4 aromatic heterocycles. The fourth-order valence-electron chi connectivity index (χ4n) is 1.66. The van der Waals surface area contributed by atoms with Crippen LogP contribution in [0.15, 0.2) is 49.6 Å². The van der Waals surface area contributed by atoms with Gasteiger partial charge in [-0.05, 0) is 0 Å². The average Bonchev–Trinajstić information content (AvgIpc) is 3.52. The molecule has 6 N–H and O–H groups in total. The normalized spacial score (nSPS) is 8.24. The second kappa shape index (κ2) is 18.0. The van der Waals surface area contributed by atoms with Gasteiger partial charge in [0.15, 0.2) is 0 Å². The molecule has 0 spiro atoms. The van der Waals surface area contributed by atoms with Crippen LogP contribution in [-0.2, 0) is 22.4 Å². The van der Waals surface area contributed by atoms with E-state index in [0.717, 1.165) is 23.3 Å². The number of hydrogen-bond donors (Lipinski definition) is 4. The number of nitrogens with zero attached hydrogens (tertiary/aromatic N) is 5. The summed E-state index contributed by atoms with van der Waals surface area (Å²) < 4.78 is 0. The van der Waals surface area contributed by atoms with Crippen molar-refractivity contribution in [3.8, 4) is 23.3 Å². The summed E-state index contributed by atoms with van der Waals surface area (Å²) >= 11 is 0. The van der Waals surface area contributed by atoms with Crippen molar-refractivity contribution in [2.45, 2.75) is 0 Å². The van der Waals surface area contributed by atoms with Gasteiger partial charge in [0.2, 0.25) is 11.6 Å². The zero-order chi connectivity index (χ0) is 24.4. The number of H-pyrrole nitrogens is 6. The fourth-order valence-corrected chi connectivity index (χ4v) is 1.66. The van der Waals surface area contributed by atoms with Crippen LogP contribution >= 0.6 is 0 Å². The molecule has 0 aliphatic rings. The third-order valence-corrected chi connectivity index (χ3v) is 2.55. The first-order chi connectivity index (χ1) is 15.1. The minimum atomic E-state index is -1.75. The molecule has 20 nitrogen and oxygen atoms in total. The first-order valence-electron chi connectivity index (χ1n) is 7.67. The summed E-state index contributed by atoms with van der Waals surface area (Å²) in [5.74, 6) is 3.44. The molecule has 0 aromatic carbocycles. The van der Waals surface area contributed by atoms with Gasteiger partial charge in [-0.1, -0.05) is 0 Å². The second-order valence-corrected chi connectivity index (χ2v) is 4.54. The minimum absolute atomic E-state index is 0. The van der Waals surface area contributed by atoms with E-state index in [-0.39, 0.29) is 22.4 Å². The van der Waals surface area contributed by atoms with Gasteiger partial charge in [-0.25, -0.2) is 29.9 Å². The SMILES string of the molecule is O=[N+]([O-])[O-].O=[N+]([O-])[O-].O=[N+]([O-])[O-].[Ag+].c1c[nH]c(-c2[nH]cc[nH+]2)n1.c1c[nH]c(-c2[nH]cc[nH+]2)n1. The molecule has 0 saturated carbocycles. The van der Waals surface area contributed by atoms with Gasteiger partial charge >= 0.3 is 34.0 Å². The van der Waals surface area contributed by atoms with Crippen molar-refractivity contribution in [2.24, 2.45) is 0 Å². The predicted octanol–water partition coefficient (Wildman–Crippen LogP) is -0.282. The summed E-state index contributed by atoms with van der Waals surface area (Å²) in [5, 5.41) is 44.2. The van der Waals surface area contributed by atoms with E-state index in [1.165, 1.54) is 0 Å². The van der Waals surface area contributed by atoms with Crippen molar-refractivity contribution in [1.29, 1.82) is 0 Å². The van der Waals surface area contributed by atoms with Gasteiger partial charge in [-0.15, -0.1) is 0 Å². The predicted molar refractivity (Wildman–Crippen MR) is 101 cm³/mol. The maximum absolute atomic E-state index is 8.25. The Balaban J connectivity index is 0. The Labute approximate surface area is 196 Å². The molecular formula is C12H14AgN11O9. The Hall–Kier alpha value is -4.82. The van der Waals surface area contributed by atoms with Crippen molar-refractivity contribution >= 4 is 0 Å². The Kier molecular flexibility index (Phi) is 16.6. The summed E-state index contributed by atoms with van der Waals surface area (Å²) in [6.45, 7) is 0. The van der Waals surface area contributed by atoms with Crippen molar-refractivity contribution in [3.05, 3.63) is 95.5 Å². The van der Waals surface area contributed by atoms with Gasteiger partial charge in [0.05, 0.1) is 15.3 Å². The Morgan fingerprint density at radius 1 is 0.606 bits per heavy atom. The van der Waals surface area contributed by atoms with Gasteiger partial charge in [-0.3, -0.25) is 0 Å². The molecule has 0 bridgehead atoms. The molecule has 182 valence electrons. The average molecular weight is 564 g/mol. The second-order valence-electron chi connectivity index (χ2n) is 4.54. The summed E-state index contributed by atoms with van der Waals surface area (Å²) in [6, 6.07) is 0. The molecule has 0 saturated heterocycles. The van der Waals surface area contributed by atoms with E-state index in [4.69, 9.17) is 46.0 Å². The quantitative estimate of drug-likeness (QED) is 0.139. The standard InChI is InChI=1S/2C6H6N4.Ag.3NO3/c2*1-2-8-5(7-1)6-9-3-4-10-6;;3*2-1(3)4/h2*1-4H,(H,7,8)(H,9,10);;;;/q;;+1;3*-1/p+2. The summed E-state index contributed by atoms with van der Waals surface area (Å²) in [5.41, 5.74) is 0. The molecule has 33 heavy (non-hydrogen) atoms. The van der Waals surface area contributed by atoms with Crippen molar-refractivity contribution in [1.82, 2.24) is 29.9 Å². The summed E-state index contributed by atoms with van der Waals surface area (Å²) in [4.78, 5) is 50.7. The number of imidazole rings is 4. The smallest absolute Gasteiger partial charge is 0.356 e. The molecule has 0 radical (unpaired) electrons. The molecule has 0 amide bonds. The molecule has 4 aromatic rings. The summed E-state index contributed by atoms with van der Waals surface area (Å²) in [7, 11) is 0. The van der Waals surface area contributed by atoms with E-state index in [1.807, 2.05) is 24.8 Å². The maximum atomic E-state index is 8.25. The first-order valence-corrected chi connectivity index (χ1v) is 7.67. The van der Waals surface area contributed by atoms with Crippen LogP contribution in [-0.4, -0.2) is 45.2 Å². The van der Waals surface area contributed by atoms with Crippen LogP contribution in [0.5, 0.6) is 0 Å². The van der Waals surface area contributed by atoms with Gasteiger partial charge < -0.3 is 55.9 Å². The van der Waals surface area contributed by atoms with Crippen molar-refractivity contribution in [2.75, 3.05) is 0 Å². The van der Waals surface area contributed by atoms with Gasteiger partial charge in [0.25, 0.3) is 0 Å². The van der Waals surface area contributed by atoms with Crippen LogP contribution in [0.2, 0.25) is 0 Å². The number of nitrogens with one attached hydrogen (secondary N) is 6. The fraction of sp³-hybridized carbons (Fsp3) is 0. The van der Waals surface area contributed by atoms with E-state index in [1.54, 1.807) is 24.8 Å². The van der Waals surface area contributed by atoms with Crippen LogP contribution < -0.4 is 9.97 Å². The van der Waals surface area contributed by atoms with E-state index in [9.17, 15) is 0 Å². The zero-order valence-electron chi connectivity index (χ0n) is 15.8. The number of aromatic nitrogens is 8. The molecule has 0 unspecified atom stereocenters. The summed E-state index contributed by atoms with van der Waals surface area (Å²) in [6.07, 6.45) is 14.3. The van der Waals surface area contributed by atoms with E-state index in [0.29, 0.717) is 0 Å². The molecular weight excluding hydrogens is 550 g/mol. The zero-order valence-corrected chi connectivity index (χ0v) is 17.3. The molecule has 0 fully saturated rings. The van der Waals surface area contributed by atoms with Gasteiger partial charge in [-0.2, -0.15) is 0 Å². The van der Waals surface area contributed by atoms with E-state index in [2.05, 4.69) is 39.9 Å². The molecule has 4 heterocycles. The monoisotopic (exact) mass is 563 g/mol. The van der Waals surface area contributed by atoms with Gasteiger partial charge in [0, 0.05) is 24.8 Å². The largest absolute Gasteiger partial charge is 1.00 e. The number of rotatable bonds is 2. The van der Waals surface area contributed by atoms with E-state index < -0.39 is 15.3 Å². The molecule has 0 aliphatic heterocycles. The third kappa shape index (κ3) is 17.7. The maximum Gasteiger partial charge on any atom is 1.00 e. The van der Waals surface area contributed by atoms with Crippen molar-refractivity contribution < 1.29 is 47.6 Å². The van der Waals surface area contributed by atoms with Gasteiger partial charge in [0.1, 0.15) is 24.8 Å². The molecule has 0 aliphatic carbocycles. The Bertz CT molecular complexity index is 823.